The Kier molecular flexibility index (Phi) is 9.34. The van der Waals surface area contributed by atoms with Crippen molar-refractivity contribution in [3.05, 3.63) is 72.3 Å². The summed E-state index contributed by atoms with van der Waals surface area (Å²) in [5.74, 6) is -0.889. The lowest BCUT2D eigenvalue weighted by Crippen LogP contribution is -2.51. The number of carbonyl (C=O) groups excluding carboxylic acids is 3. The Labute approximate surface area is 224 Å². The number of nitrogens with one attached hydrogen (secondary N) is 2. The number of aromatic hydroxyl groups is 1. The summed E-state index contributed by atoms with van der Waals surface area (Å²) in [6.07, 6.45) is 0.712. The highest BCUT2D eigenvalue weighted by atomic mass is 16.6. The van der Waals surface area contributed by atoms with Crippen molar-refractivity contribution in [3.63, 3.8) is 0 Å². The molecule has 0 aliphatic rings. The molecule has 8 heteroatoms. The van der Waals surface area contributed by atoms with Crippen molar-refractivity contribution in [2.24, 2.45) is 0 Å². The highest BCUT2D eigenvalue weighted by molar-refractivity contribution is 6.00. The minimum absolute atomic E-state index is 0.0196. The first-order chi connectivity index (χ1) is 18.0. The van der Waals surface area contributed by atoms with Crippen LogP contribution in [0.1, 0.15) is 59.1 Å². The molecule has 0 saturated carbocycles. The summed E-state index contributed by atoms with van der Waals surface area (Å²) in [6.45, 7) is 9.04. The Hall–Kier alpha value is -4.07. The fourth-order valence-corrected chi connectivity index (χ4v) is 4.14. The van der Waals surface area contributed by atoms with E-state index in [0.717, 1.165) is 17.2 Å². The second kappa shape index (κ2) is 12.4. The molecule has 8 nitrogen and oxygen atoms in total. The van der Waals surface area contributed by atoms with Crippen molar-refractivity contribution in [3.8, 4) is 5.75 Å². The molecule has 0 aliphatic carbocycles. The number of rotatable bonds is 9. The molecule has 3 amide bonds. The average Bonchev–Trinajstić information content (AvgIpc) is 2.84. The van der Waals surface area contributed by atoms with E-state index in [9.17, 15) is 19.5 Å². The molecule has 0 spiro atoms. The van der Waals surface area contributed by atoms with Gasteiger partial charge in [-0.15, -0.1) is 0 Å². The summed E-state index contributed by atoms with van der Waals surface area (Å²) in [4.78, 5) is 41.3. The van der Waals surface area contributed by atoms with Gasteiger partial charge in [0.2, 0.25) is 5.91 Å². The number of fused-ring (bicyclic) bond motifs is 1. The summed E-state index contributed by atoms with van der Waals surface area (Å²) in [5.41, 5.74) is 0.317. The largest absolute Gasteiger partial charge is 0.508 e. The fourth-order valence-electron chi connectivity index (χ4n) is 4.14. The standard InChI is InChI=1S/C30H37N3O5/c1-6-7-17-33(28(36)20(2)31-29(37)38-30(3,4)5)26(23-13-10-14-25(34)19-23)27(35)32-24-16-15-21-11-8-9-12-22(21)18-24/h8-16,18-20,26,34H,6-7,17H2,1-5H3,(H,31,37)(H,32,35). The molecule has 0 aliphatic heterocycles. The molecular weight excluding hydrogens is 482 g/mol. The van der Waals surface area contributed by atoms with Crippen LogP contribution in [0.3, 0.4) is 0 Å². The minimum atomic E-state index is -1.05. The van der Waals surface area contributed by atoms with E-state index in [1.807, 2.05) is 49.4 Å². The minimum Gasteiger partial charge on any atom is -0.508 e. The van der Waals surface area contributed by atoms with Crippen molar-refractivity contribution in [2.45, 2.75) is 65.1 Å². The lowest BCUT2D eigenvalue weighted by Gasteiger charge is -2.33. The number of carbonyl (C=O) groups is 3. The maximum Gasteiger partial charge on any atom is 0.408 e. The number of ether oxygens (including phenoxy) is 1. The summed E-state index contributed by atoms with van der Waals surface area (Å²) in [5, 5.41) is 17.7. The predicted octanol–water partition coefficient (Wildman–Crippen LogP) is 5.77. The lowest BCUT2D eigenvalue weighted by molar-refractivity contribution is -0.140. The molecule has 38 heavy (non-hydrogen) atoms. The van der Waals surface area contributed by atoms with Crippen molar-refractivity contribution in [1.29, 1.82) is 0 Å². The summed E-state index contributed by atoms with van der Waals surface area (Å²) in [6, 6.07) is 17.7. The number of phenols is 1. The topological polar surface area (TPSA) is 108 Å². The van der Waals surface area contributed by atoms with Crippen LogP contribution in [0.25, 0.3) is 10.8 Å². The third kappa shape index (κ3) is 7.71. The quantitative estimate of drug-likeness (QED) is 0.333. The van der Waals surface area contributed by atoms with E-state index in [4.69, 9.17) is 4.74 Å². The maximum absolute atomic E-state index is 13.8. The van der Waals surface area contributed by atoms with Crippen LogP contribution in [0.4, 0.5) is 10.5 Å². The average molecular weight is 520 g/mol. The fraction of sp³-hybridized carbons (Fsp3) is 0.367. The highest BCUT2D eigenvalue weighted by Crippen LogP contribution is 2.28. The molecule has 202 valence electrons. The summed E-state index contributed by atoms with van der Waals surface area (Å²) < 4.78 is 5.31. The highest BCUT2D eigenvalue weighted by Gasteiger charge is 2.34. The molecule has 3 N–H and O–H groups in total. The Morgan fingerprint density at radius 3 is 2.34 bits per heavy atom. The number of hydrogen-bond acceptors (Lipinski definition) is 5. The van der Waals surface area contributed by atoms with Crippen molar-refractivity contribution in [2.75, 3.05) is 11.9 Å². The number of unbranched alkanes of at least 4 members (excludes halogenated alkanes) is 1. The van der Waals surface area contributed by atoms with E-state index < -0.39 is 35.6 Å². The third-order valence-electron chi connectivity index (χ3n) is 5.90. The molecule has 3 aromatic rings. The van der Waals surface area contributed by atoms with Crippen molar-refractivity contribution < 1.29 is 24.2 Å². The summed E-state index contributed by atoms with van der Waals surface area (Å²) >= 11 is 0. The zero-order valence-electron chi connectivity index (χ0n) is 22.7. The van der Waals surface area contributed by atoms with Gasteiger partial charge in [0, 0.05) is 12.2 Å². The van der Waals surface area contributed by atoms with E-state index in [2.05, 4.69) is 10.6 Å². The molecule has 0 bridgehead atoms. The van der Waals surface area contributed by atoms with Gasteiger partial charge in [-0.3, -0.25) is 9.59 Å². The van der Waals surface area contributed by atoms with Crippen LogP contribution in [-0.4, -0.2) is 46.1 Å². The lowest BCUT2D eigenvalue weighted by atomic mass is 10.0. The van der Waals surface area contributed by atoms with Gasteiger partial charge >= 0.3 is 6.09 Å². The second-order valence-electron chi connectivity index (χ2n) is 10.3. The van der Waals surface area contributed by atoms with Crippen LogP contribution >= 0.6 is 0 Å². The third-order valence-corrected chi connectivity index (χ3v) is 5.90. The SMILES string of the molecule is CCCCN(C(=O)C(C)NC(=O)OC(C)(C)C)C(C(=O)Nc1ccc2ccccc2c1)c1cccc(O)c1. The van der Waals surface area contributed by atoms with Crippen LogP contribution in [-0.2, 0) is 14.3 Å². The zero-order valence-corrected chi connectivity index (χ0v) is 22.7. The van der Waals surface area contributed by atoms with Gasteiger partial charge in [0.25, 0.3) is 5.91 Å². The Morgan fingerprint density at radius 2 is 1.68 bits per heavy atom. The number of alkyl carbamates (subject to hydrolysis) is 1. The first kappa shape index (κ1) is 28.5. The van der Waals surface area contributed by atoms with E-state index >= 15 is 0 Å². The van der Waals surface area contributed by atoms with Gasteiger partial charge in [0.1, 0.15) is 23.4 Å². The predicted molar refractivity (Wildman–Crippen MR) is 149 cm³/mol. The molecule has 2 atom stereocenters. The number of anilines is 1. The van der Waals surface area contributed by atoms with E-state index in [1.165, 1.54) is 17.0 Å². The van der Waals surface area contributed by atoms with Crippen LogP contribution in [0.15, 0.2) is 66.7 Å². The van der Waals surface area contributed by atoms with Crippen LogP contribution < -0.4 is 10.6 Å². The van der Waals surface area contributed by atoms with Gasteiger partial charge in [0.15, 0.2) is 0 Å². The van der Waals surface area contributed by atoms with E-state index in [0.29, 0.717) is 17.7 Å². The number of amides is 3. The van der Waals surface area contributed by atoms with E-state index in [-0.39, 0.29) is 12.3 Å². The van der Waals surface area contributed by atoms with Gasteiger partial charge in [-0.05, 0) is 74.7 Å². The number of benzene rings is 3. The Morgan fingerprint density at radius 1 is 0.974 bits per heavy atom. The summed E-state index contributed by atoms with van der Waals surface area (Å²) in [7, 11) is 0. The van der Waals surface area contributed by atoms with E-state index in [1.54, 1.807) is 39.8 Å². The van der Waals surface area contributed by atoms with Crippen molar-refractivity contribution in [1.82, 2.24) is 10.2 Å². The maximum atomic E-state index is 13.8. The molecule has 0 radical (unpaired) electrons. The first-order valence-corrected chi connectivity index (χ1v) is 12.9. The number of hydrogen-bond donors (Lipinski definition) is 3. The number of phenolic OH excluding ortho intramolecular Hbond substituents is 1. The molecule has 0 fully saturated rings. The first-order valence-electron chi connectivity index (χ1n) is 12.9. The normalized spacial score (nSPS) is 12.9. The molecule has 2 unspecified atom stereocenters. The van der Waals surface area contributed by atoms with Crippen molar-refractivity contribution >= 4 is 34.4 Å². The van der Waals surface area contributed by atoms with Crippen LogP contribution in [0.2, 0.25) is 0 Å². The molecule has 0 heterocycles. The van der Waals surface area contributed by atoms with Gasteiger partial charge in [-0.1, -0.05) is 55.8 Å². The molecule has 3 aromatic carbocycles. The molecule has 0 saturated heterocycles. The van der Waals surface area contributed by atoms with Gasteiger partial charge in [0.05, 0.1) is 0 Å². The molecular formula is C30H37N3O5. The number of nitrogens with zero attached hydrogens (tertiary/aromatic N) is 1. The van der Waals surface area contributed by atoms with Gasteiger partial charge in [-0.25, -0.2) is 4.79 Å². The zero-order chi connectivity index (χ0) is 27.9. The van der Waals surface area contributed by atoms with Gasteiger partial charge < -0.3 is 25.4 Å². The molecule has 0 aromatic heterocycles. The second-order valence-corrected chi connectivity index (χ2v) is 10.3. The smallest absolute Gasteiger partial charge is 0.408 e. The van der Waals surface area contributed by atoms with Gasteiger partial charge in [-0.2, -0.15) is 0 Å². The monoisotopic (exact) mass is 519 g/mol. The van der Waals surface area contributed by atoms with Crippen LogP contribution in [0, 0.1) is 0 Å². The Bertz CT molecular complexity index is 1280. The van der Waals surface area contributed by atoms with Crippen LogP contribution in [0.5, 0.6) is 5.75 Å². The molecule has 3 rings (SSSR count). The Balaban J connectivity index is 1.94.